The Labute approximate surface area is 114 Å². The van der Waals surface area contributed by atoms with E-state index in [4.69, 9.17) is 11.6 Å². The van der Waals surface area contributed by atoms with Crippen molar-refractivity contribution in [2.45, 2.75) is 25.9 Å². The van der Waals surface area contributed by atoms with Crippen molar-refractivity contribution in [3.63, 3.8) is 0 Å². The van der Waals surface area contributed by atoms with E-state index in [2.05, 4.69) is 4.72 Å². The van der Waals surface area contributed by atoms with E-state index >= 15 is 0 Å². The average molecular weight is 291 g/mol. The number of halogens is 1. The molecule has 1 aromatic carbocycles. The van der Waals surface area contributed by atoms with E-state index in [9.17, 15) is 8.42 Å². The lowest BCUT2D eigenvalue weighted by atomic mass is 10.1. The van der Waals surface area contributed by atoms with Gasteiger partial charge in [-0.15, -0.1) is 11.6 Å². The number of nitrogens with zero attached hydrogens (tertiary/aromatic N) is 1. The molecule has 1 unspecified atom stereocenters. The van der Waals surface area contributed by atoms with Gasteiger partial charge in [-0.2, -0.15) is 17.4 Å². The van der Waals surface area contributed by atoms with E-state index in [0.29, 0.717) is 0 Å². The number of rotatable bonds is 6. The molecule has 1 aromatic rings. The minimum Gasteiger partial charge on any atom is -0.195 e. The van der Waals surface area contributed by atoms with Gasteiger partial charge in [-0.1, -0.05) is 30.3 Å². The minimum absolute atomic E-state index is 0.103. The molecule has 0 saturated carbocycles. The van der Waals surface area contributed by atoms with Crippen molar-refractivity contribution in [1.29, 1.82) is 0 Å². The average Bonchev–Trinajstić information content (AvgIpc) is 2.36. The molecular weight excluding hydrogens is 272 g/mol. The van der Waals surface area contributed by atoms with Crippen LogP contribution in [0.25, 0.3) is 0 Å². The Balaban J connectivity index is 2.88. The van der Waals surface area contributed by atoms with Crippen molar-refractivity contribution in [2.75, 3.05) is 12.9 Å². The maximum atomic E-state index is 12.1. The lowest BCUT2D eigenvalue weighted by Crippen LogP contribution is -2.43. The lowest BCUT2D eigenvalue weighted by molar-refractivity contribution is 0.398. The molecule has 0 aliphatic rings. The minimum atomic E-state index is -3.52. The van der Waals surface area contributed by atoms with Crippen molar-refractivity contribution in [3.05, 3.63) is 35.9 Å². The van der Waals surface area contributed by atoms with Crippen LogP contribution in [0.3, 0.4) is 0 Å². The Morgan fingerprint density at radius 2 is 1.83 bits per heavy atom. The van der Waals surface area contributed by atoms with Crippen molar-refractivity contribution < 1.29 is 8.42 Å². The first-order chi connectivity index (χ1) is 8.38. The number of nitrogens with one attached hydrogen (secondary N) is 1. The Morgan fingerprint density at radius 1 is 1.28 bits per heavy atom. The van der Waals surface area contributed by atoms with Crippen LogP contribution < -0.4 is 4.72 Å². The van der Waals surface area contributed by atoms with Crippen molar-refractivity contribution in [3.8, 4) is 0 Å². The van der Waals surface area contributed by atoms with Crippen LogP contribution in [0.1, 0.15) is 25.5 Å². The molecule has 0 heterocycles. The molecule has 0 fully saturated rings. The molecule has 0 aliphatic carbocycles. The zero-order valence-electron chi connectivity index (χ0n) is 10.8. The van der Waals surface area contributed by atoms with Crippen LogP contribution in [-0.2, 0) is 10.2 Å². The molecule has 1 rings (SSSR count). The van der Waals surface area contributed by atoms with Gasteiger partial charge < -0.3 is 0 Å². The van der Waals surface area contributed by atoms with Gasteiger partial charge in [-0.05, 0) is 19.4 Å². The first kappa shape index (κ1) is 15.4. The maximum Gasteiger partial charge on any atom is 0.280 e. The fourth-order valence-electron chi connectivity index (χ4n) is 1.41. The van der Waals surface area contributed by atoms with Crippen molar-refractivity contribution in [1.82, 2.24) is 9.03 Å². The topological polar surface area (TPSA) is 49.4 Å². The molecule has 6 heteroatoms. The zero-order valence-corrected chi connectivity index (χ0v) is 12.4. The van der Waals surface area contributed by atoms with Crippen LogP contribution in [-0.4, -0.2) is 31.7 Å². The summed E-state index contributed by atoms with van der Waals surface area (Å²) in [6.45, 7) is 3.63. The van der Waals surface area contributed by atoms with E-state index in [1.807, 2.05) is 44.2 Å². The van der Waals surface area contributed by atoms with Gasteiger partial charge in [0.15, 0.2) is 0 Å². The second kappa shape index (κ2) is 6.52. The predicted molar refractivity (Wildman–Crippen MR) is 74.9 cm³/mol. The van der Waals surface area contributed by atoms with Gasteiger partial charge >= 0.3 is 0 Å². The molecule has 0 bridgehead atoms. The van der Waals surface area contributed by atoms with Crippen LogP contribution in [0.4, 0.5) is 0 Å². The third-order valence-corrected chi connectivity index (χ3v) is 4.82. The number of hydrogen-bond donors (Lipinski definition) is 1. The summed E-state index contributed by atoms with van der Waals surface area (Å²) < 4.78 is 28.0. The normalized spacial score (nSPS) is 14.1. The fraction of sp³-hybridized carbons (Fsp3) is 0.500. The summed E-state index contributed by atoms with van der Waals surface area (Å²) in [5, 5.41) is 0. The standard InChI is InChI=1S/C12H19ClN2O2S/c1-10(2)15(3)18(16,17)14-12(9-13)11-7-5-4-6-8-11/h4-8,10,12,14H,9H2,1-3H3. The molecule has 0 spiro atoms. The van der Waals surface area contributed by atoms with Crippen LogP contribution in [0.15, 0.2) is 30.3 Å². The third kappa shape index (κ3) is 3.95. The second-order valence-corrected chi connectivity index (χ2v) is 6.42. The van der Waals surface area contributed by atoms with E-state index in [1.165, 1.54) is 4.31 Å². The quantitative estimate of drug-likeness (QED) is 0.816. The van der Waals surface area contributed by atoms with Gasteiger partial charge in [0.05, 0.1) is 6.04 Å². The smallest absolute Gasteiger partial charge is 0.195 e. The van der Waals surface area contributed by atoms with Crippen LogP contribution in [0, 0.1) is 0 Å². The van der Waals surface area contributed by atoms with Crippen LogP contribution >= 0.6 is 11.6 Å². The highest BCUT2D eigenvalue weighted by Gasteiger charge is 2.24. The summed E-state index contributed by atoms with van der Waals surface area (Å²) in [4.78, 5) is 0. The summed E-state index contributed by atoms with van der Waals surface area (Å²) in [5.74, 6) is 0.190. The Bertz CT molecular complexity index is 462. The monoisotopic (exact) mass is 290 g/mol. The third-order valence-electron chi connectivity index (χ3n) is 2.75. The Morgan fingerprint density at radius 3 is 2.28 bits per heavy atom. The fourth-order valence-corrected chi connectivity index (χ4v) is 3.06. The van der Waals surface area contributed by atoms with Gasteiger partial charge in [0.2, 0.25) is 0 Å². The van der Waals surface area contributed by atoms with E-state index in [0.717, 1.165) is 5.56 Å². The predicted octanol–water partition coefficient (Wildman–Crippen LogP) is 2.14. The number of hydrogen-bond acceptors (Lipinski definition) is 2. The van der Waals surface area contributed by atoms with Gasteiger partial charge in [-0.25, -0.2) is 0 Å². The molecule has 4 nitrogen and oxygen atoms in total. The largest absolute Gasteiger partial charge is 0.280 e. The number of benzene rings is 1. The van der Waals surface area contributed by atoms with Gasteiger partial charge in [0.1, 0.15) is 0 Å². The van der Waals surface area contributed by atoms with Gasteiger partial charge in [0.25, 0.3) is 10.2 Å². The SMILES string of the molecule is CC(C)N(C)S(=O)(=O)NC(CCl)c1ccccc1. The highest BCUT2D eigenvalue weighted by atomic mass is 35.5. The first-order valence-electron chi connectivity index (χ1n) is 5.74. The van der Waals surface area contributed by atoms with Gasteiger partial charge in [-0.3, -0.25) is 0 Å². The molecule has 1 atom stereocenters. The Hall–Kier alpha value is -0.620. The van der Waals surface area contributed by atoms with Crippen LogP contribution in [0.2, 0.25) is 0 Å². The summed E-state index contributed by atoms with van der Waals surface area (Å²) in [6, 6.07) is 8.78. The summed E-state index contributed by atoms with van der Waals surface area (Å²) >= 11 is 5.85. The lowest BCUT2D eigenvalue weighted by Gasteiger charge is -2.24. The molecule has 102 valence electrons. The second-order valence-electron chi connectivity index (χ2n) is 4.35. The van der Waals surface area contributed by atoms with Crippen molar-refractivity contribution >= 4 is 21.8 Å². The maximum absolute atomic E-state index is 12.1. The molecular formula is C12H19ClN2O2S. The summed E-state index contributed by atoms with van der Waals surface area (Å²) in [7, 11) is -1.98. The molecule has 0 amide bonds. The molecule has 1 N–H and O–H groups in total. The van der Waals surface area contributed by atoms with Crippen molar-refractivity contribution in [2.24, 2.45) is 0 Å². The molecule has 0 radical (unpaired) electrons. The van der Waals surface area contributed by atoms with Gasteiger partial charge in [0, 0.05) is 19.0 Å². The van der Waals surface area contributed by atoms with E-state index in [1.54, 1.807) is 7.05 Å². The van der Waals surface area contributed by atoms with E-state index in [-0.39, 0.29) is 11.9 Å². The van der Waals surface area contributed by atoms with Crippen LogP contribution in [0.5, 0.6) is 0 Å². The summed E-state index contributed by atoms with van der Waals surface area (Å²) in [5.41, 5.74) is 0.855. The van der Waals surface area contributed by atoms with E-state index < -0.39 is 16.3 Å². The number of alkyl halides is 1. The molecule has 0 saturated heterocycles. The molecule has 18 heavy (non-hydrogen) atoms. The highest BCUT2D eigenvalue weighted by Crippen LogP contribution is 2.16. The first-order valence-corrected chi connectivity index (χ1v) is 7.72. The Kier molecular flexibility index (Phi) is 5.59. The molecule has 0 aromatic heterocycles. The highest BCUT2D eigenvalue weighted by molar-refractivity contribution is 7.87. The summed E-state index contributed by atoms with van der Waals surface area (Å²) in [6.07, 6.45) is 0. The molecule has 0 aliphatic heterocycles. The zero-order chi connectivity index (χ0) is 13.8.